The second-order valence-electron chi connectivity index (χ2n) is 5.53. The van der Waals surface area contributed by atoms with Gasteiger partial charge in [-0.25, -0.2) is 9.99 Å². The Kier molecular flexibility index (Phi) is 3.73. The van der Waals surface area contributed by atoms with Crippen LogP contribution in [0.25, 0.3) is 10.9 Å². The molecular weight excluding hydrogens is 300 g/mol. The molecule has 2 N–H and O–H groups in total. The van der Waals surface area contributed by atoms with Crippen molar-refractivity contribution in [3.05, 3.63) is 28.6 Å². The molecule has 8 nitrogen and oxygen atoms in total. The van der Waals surface area contributed by atoms with Crippen molar-refractivity contribution in [3.8, 4) is 5.75 Å². The Morgan fingerprint density at radius 2 is 2.26 bits per heavy atom. The Labute approximate surface area is 131 Å². The zero-order valence-electron chi connectivity index (χ0n) is 12.7. The van der Waals surface area contributed by atoms with Gasteiger partial charge in [0, 0.05) is 12.3 Å². The van der Waals surface area contributed by atoms with E-state index in [1.807, 2.05) is 13.8 Å². The van der Waals surface area contributed by atoms with E-state index >= 15 is 0 Å². The van der Waals surface area contributed by atoms with E-state index in [4.69, 9.17) is 9.84 Å². The molecule has 3 rings (SSSR count). The minimum Gasteiger partial charge on any atom is -0.491 e. The van der Waals surface area contributed by atoms with Gasteiger partial charge in [-0.3, -0.25) is 14.6 Å². The summed E-state index contributed by atoms with van der Waals surface area (Å²) in [5.41, 5.74) is 0.158. The Bertz CT molecular complexity index is 843. The number of aromatic nitrogens is 2. The lowest BCUT2D eigenvalue weighted by molar-refractivity contribution is -0.138. The zero-order chi connectivity index (χ0) is 16.6. The molecule has 0 amide bonds. The van der Waals surface area contributed by atoms with Gasteiger partial charge in [0.05, 0.1) is 23.6 Å². The summed E-state index contributed by atoms with van der Waals surface area (Å²) in [5, 5.41) is 14.8. The summed E-state index contributed by atoms with van der Waals surface area (Å²) < 4.78 is 5.60. The topological polar surface area (TPSA) is 108 Å². The molecule has 1 atom stereocenters. The molecule has 1 aliphatic heterocycles. The number of aromatic amines is 1. The molecule has 1 aromatic heterocycles. The van der Waals surface area contributed by atoms with Gasteiger partial charge in [-0.15, -0.1) is 0 Å². The van der Waals surface area contributed by atoms with Crippen molar-refractivity contribution in [2.75, 3.05) is 11.6 Å². The van der Waals surface area contributed by atoms with Gasteiger partial charge in [-0.05, 0) is 26.0 Å². The third kappa shape index (κ3) is 3.01. The minimum absolute atomic E-state index is 0.00780. The fraction of sp³-hybridized carbons (Fsp3) is 0.333. The molecule has 23 heavy (non-hydrogen) atoms. The van der Waals surface area contributed by atoms with Crippen LogP contribution in [0.3, 0.4) is 0 Å². The molecule has 1 aromatic carbocycles. The Morgan fingerprint density at radius 3 is 2.91 bits per heavy atom. The van der Waals surface area contributed by atoms with Gasteiger partial charge >= 0.3 is 5.97 Å². The van der Waals surface area contributed by atoms with Crippen LogP contribution in [0.2, 0.25) is 0 Å². The fourth-order valence-corrected chi connectivity index (χ4v) is 2.30. The van der Waals surface area contributed by atoms with Gasteiger partial charge in [-0.1, -0.05) is 0 Å². The van der Waals surface area contributed by atoms with Crippen LogP contribution >= 0.6 is 0 Å². The average molecular weight is 316 g/mol. The van der Waals surface area contributed by atoms with Crippen LogP contribution in [0.15, 0.2) is 28.1 Å². The highest BCUT2D eigenvalue weighted by Crippen LogP contribution is 2.21. The van der Waals surface area contributed by atoms with E-state index in [-0.39, 0.29) is 24.2 Å². The second-order valence-corrected chi connectivity index (χ2v) is 5.53. The van der Waals surface area contributed by atoms with Gasteiger partial charge in [0.25, 0.3) is 5.56 Å². The van der Waals surface area contributed by atoms with Crippen LogP contribution in [-0.2, 0) is 4.79 Å². The van der Waals surface area contributed by atoms with E-state index in [1.54, 1.807) is 18.2 Å². The van der Waals surface area contributed by atoms with Crippen LogP contribution in [0.5, 0.6) is 5.75 Å². The first-order valence-electron chi connectivity index (χ1n) is 7.19. The van der Waals surface area contributed by atoms with Crippen molar-refractivity contribution < 1.29 is 14.6 Å². The van der Waals surface area contributed by atoms with Gasteiger partial charge in [0.15, 0.2) is 0 Å². The summed E-state index contributed by atoms with van der Waals surface area (Å²) in [4.78, 5) is 30.1. The number of carboxylic acids is 1. The van der Waals surface area contributed by atoms with Gasteiger partial charge < -0.3 is 9.84 Å². The summed E-state index contributed by atoms with van der Waals surface area (Å²) in [5.74, 6) is -0.854. The molecular formula is C15H16N4O4. The molecule has 2 heterocycles. The number of aliphatic carboxylic acids is 1. The summed E-state index contributed by atoms with van der Waals surface area (Å²) >= 11 is 0. The van der Waals surface area contributed by atoms with Crippen LogP contribution in [0.1, 0.15) is 13.8 Å². The lowest BCUT2D eigenvalue weighted by Gasteiger charge is -2.14. The van der Waals surface area contributed by atoms with Crippen molar-refractivity contribution in [1.82, 2.24) is 9.97 Å². The maximum Gasteiger partial charge on any atom is 0.313 e. The maximum atomic E-state index is 12.2. The normalized spacial score (nSPS) is 17.2. The number of benzene rings is 1. The number of rotatable bonds is 4. The van der Waals surface area contributed by atoms with Crippen LogP contribution < -0.4 is 15.3 Å². The highest BCUT2D eigenvalue weighted by atomic mass is 16.5. The van der Waals surface area contributed by atoms with Crippen LogP contribution in [0, 0.1) is 5.92 Å². The van der Waals surface area contributed by atoms with Gasteiger partial charge in [-0.2, -0.15) is 5.10 Å². The number of carbonyl (C=O) groups is 1. The molecule has 0 spiro atoms. The molecule has 0 saturated heterocycles. The standard InChI is InChI=1S/C15H16N4O4/c1-8(2)23-10-3-4-11-12(5-10)17-15(18-13(11)20)19-7-9(6-16-19)14(21)22/h3-6,8-9H,7H2,1-2H3,(H,21,22)(H,17,18,20)/t9-/m0/s1. The molecule has 120 valence electrons. The Hall–Kier alpha value is -2.90. The molecule has 8 heteroatoms. The molecule has 0 bridgehead atoms. The summed E-state index contributed by atoms with van der Waals surface area (Å²) in [6.07, 6.45) is 1.33. The second kappa shape index (κ2) is 5.71. The smallest absolute Gasteiger partial charge is 0.313 e. The first-order chi connectivity index (χ1) is 10.9. The molecule has 1 aliphatic rings. The fourth-order valence-electron chi connectivity index (χ4n) is 2.30. The van der Waals surface area contributed by atoms with E-state index in [1.165, 1.54) is 11.2 Å². The maximum absolute atomic E-state index is 12.2. The van der Waals surface area contributed by atoms with Crippen molar-refractivity contribution in [2.24, 2.45) is 11.0 Å². The van der Waals surface area contributed by atoms with Crippen molar-refractivity contribution in [2.45, 2.75) is 20.0 Å². The first-order valence-corrected chi connectivity index (χ1v) is 7.19. The number of anilines is 1. The highest BCUT2D eigenvalue weighted by molar-refractivity contribution is 5.91. The minimum atomic E-state index is -0.966. The zero-order valence-corrected chi connectivity index (χ0v) is 12.7. The predicted octanol–water partition coefficient (Wildman–Crippen LogP) is 1.22. The van der Waals surface area contributed by atoms with E-state index in [2.05, 4.69) is 15.1 Å². The molecule has 0 aliphatic carbocycles. The van der Waals surface area contributed by atoms with Crippen LogP contribution in [-0.4, -0.2) is 39.9 Å². The van der Waals surface area contributed by atoms with Crippen LogP contribution in [0.4, 0.5) is 5.95 Å². The lowest BCUT2D eigenvalue weighted by Crippen LogP contribution is -2.26. The Balaban J connectivity index is 1.98. The number of H-pyrrole nitrogens is 1. The molecule has 0 fully saturated rings. The summed E-state index contributed by atoms with van der Waals surface area (Å²) in [7, 11) is 0. The van der Waals surface area contributed by atoms with E-state index in [0.717, 1.165) is 0 Å². The predicted molar refractivity (Wildman–Crippen MR) is 85.1 cm³/mol. The lowest BCUT2D eigenvalue weighted by atomic mass is 10.2. The van der Waals surface area contributed by atoms with E-state index in [0.29, 0.717) is 16.7 Å². The van der Waals surface area contributed by atoms with Crippen molar-refractivity contribution in [1.29, 1.82) is 0 Å². The van der Waals surface area contributed by atoms with Gasteiger partial charge in [0.2, 0.25) is 5.95 Å². The monoisotopic (exact) mass is 316 g/mol. The quantitative estimate of drug-likeness (QED) is 0.878. The average Bonchev–Trinajstić information content (AvgIpc) is 2.96. The number of hydrazone groups is 1. The number of carboxylic acid groups (broad SMARTS) is 1. The third-order valence-corrected chi connectivity index (χ3v) is 3.35. The van der Waals surface area contributed by atoms with Gasteiger partial charge in [0.1, 0.15) is 11.7 Å². The SMILES string of the molecule is CC(C)Oc1ccc2c(=O)[nH]c(N3C[C@@H](C(=O)O)C=N3)nc2c1. The molecule has 0 saturated carbocycles. The Morgan fingerprint density at radius 1 is 1.48 bits per heavy atom. The molecule has 0 radical (unpaired) electrons. The summed E-state index contributed by atoms with van der Waals surface area (Å²) in [6.45, 7) is 3.95. The number of hydrogen-bond donors (Lipinski definition) is 2. The highest BCUT2D eigenvalue weighted by Gasteiger charge is 2.26. The number of nitrogens with one attached hydrogen (secondary N) is 1. The number of nitrogens with zero attached hydrogens (tertiary/aromatic N) is 3. The first kappa shape index (κ1) is 15.0. The van der Waals surface area contributed by atoms with E-state index < -0.39 is 11.9 Å². The molecule has 2 aromatic rings. The van der Waals surface area contributed by atoms with Crippen molar-refractivity contribution >= 4 is 29.0 Å². The van der Waals surface area contributed by atoms with E-state index in [9.17, 15) is 9.59 Å². The third-order valence-electron chi connectivity index (χ3n) is 3.35. The molecule has 0 unspecified atom stereocenters. The number of fused-ring (bicyclic) bond motifs is 1. The van der Waals surface area contributed by atoms with Crippen molar-refractivity contribution in [3.63, 3.8) is 0 Å². The largest absolute Gasteiger partial charge is 0.491 e. The summed E-state index contributed by atoms with van der Waals surface area (Å²) in [6, 6.07) is 5.05. The number of hydrogen-bond acceptors (Lipinski definition) is 6. The number of ether oxygens (including phenoxy) is 1.